The molecular formula is C19H23IN2O3. The van der Waals surface area contributed by atoms with E-state index in [0.29, 0.717) is 25.4 Å². The summed E-state index contributed by atoms with van der Waals surface area (Å²) in [6, 6.07) is 13.6. The number of likely N-dealkylation sites (N-methyl/N-ethyl adjacent to an activating group) is 1. The first-order chi connectivity index (χ1) is 12.0. The fraction of sp³-hybridized carbons (Fsp3) is 0.316. The SMILES string of the molecule is CCOc1ccc(CN(C)CC(=O)Nc2ccc(I)cc2)cc1OC. The van der Waals surface area contributed by atoms with Crippen molar-refractivity contribution in [2.45, 2.75) is 13.5 Å². The van der Waals surface area contributed by atoms with Gasteiger partial charge in [0.05, 0.1) is 20.3 Å². The van der Waals surface area contributed by atoms with Gasteiger partial charge >= 0.3 is 0 Å². The van der Waals surface area contributed by atoms with Crippen LogP contribution in [0.15, 0.2) is 42.5 Å². The van der Waals surface area contributed by atoms with Crippen molar-refractivity contribution in [3.05, 3.63) is 51.6 Å². The van der Waals surface area contributed by atoms with Gasteiger partial charge in [-0.25, -0.2) is 0 Å². The number of hydrogen-bond donors (Lipinski definition) is 1. The average molecular weight is 454 g/mol. The summed E-state index contributed by atoms with van der Waals surface area (Å²) in [6.07, 6.45) is 0. The molecule has 25 heavy (non-hydrogen) atoms. The second-order valence-corrected chi connectivity index (χ2v) is 6.89. The monoisotopic (exact) mass is 454 g/mol. The molecule has 0 aliphatic heterocycles. The van der Waals surface area contributed by atoms with Crippen molar-refractivity contribution in [1.29, 1.82) is 0 Å². The number of benzene rings is 2. The molecule has 0 aliphatic carbocycles. The van der Waals surface area contributed by atoms with E-state index in [1.54, 1.807) is 7.11 Å². The molecule has 0 saturated carbocycles. The maximum absolute atomic E-state index is 12.2. The Morgan fingerprint density at radius 3 is 2.52 bits per heavy atom. The minimum atomic E-state index is -0.0402. The standard InChI is InChI=1S/C19H23IN2O3/c1-4-25-17-10-5-14(11-18(17)24-3)12-22(2)13-19(23)21-16-8-6-15(20)7-9-16/h5-11H,4,12-13H2,1-3H3,(H,21,23). The van der Waals surface area contributed by atoms with Crippen LogP contribution in [0.3, 0.4) is 0 Å². The third-order valence-electron chi connectivity index (χ3n) is 3.52. The van der Waals surface area contributed by atoms with E-state index in [0.717, 1.165) is 20.6 Å². The zero-order valence-electron chi connectivity index (χ0n) is 14.7. The van der Waals surface area contributed by atoms with Crippen molar-refractivity contribution < 1.29 is 14.3 Å². The third-order valence-corrected chi connectivity index (χ3v) is 4.24. The lowest BCUT2D eigenvalue weighted by Crippen LogP contribution is -2.29. The van der Waals surface area contributed by atoms with Crippen LogP contribution < -0.4 is 14.8 Å². The van der Waals surface area contributed by atoms with Crippen molar-refractivity contribution in [3.63, 3.8) is 0 Å². The van der Waals surface area contributed by atoms with Gasteiger partial charge in [-0.05, 0) is 78.5 Å². The van der Waals surface area contributed by atoms with Crippen molar-refractivity contribution in [2.24, 2.45) is 0 Å². The van der Waals surface area contributed by atoms with Gasteiger partial charge in [0.15, 0.2) is 11.5 Å². The van der Waals surface area contributed by atoms with E-state index in [1.807, 2.05) is 61.3 Å². The summed E-state index contributed by atoms with van der Waals surface area (Å²) in [5.41, 5.74) is 1.87. The number of rotatable bonds is 8. The minimum absolute atomic E-state index is 0.0402. The van der Waals surface area contributed by atoms with Gasteiger partial charge in [-0.3, -0.25) is 9.69 Å². The molecule has 6 heteroatoms. The van der Waals surface area contributed by atoms with E-state index in [2.05, 4.69) is 27.9 Å². The molecule has 0 fully saturated rings. The summed E-state index contributed by atoms with van der Waals surface area (Å²) in [5, 5.41) is 2.91. The Labute approximate surface area is 162 Å². The van der Waals surface area contributed by atoms with E-state index in [4.69, 9.17) is 9.47 Å². The number of nitrogens with one attached hydrogen (secondary N) is 1. The first kappa shape index (κ1) is 19.5. The summed E-state index contributed by atoms with van der Waals surface area (Å²) in [7, 11) is 3.54. The minimum Gasteiger partial charge on any atom is -0.493 e. The van der Waals surface area contributed by atoms with E-state index in [9.17, 15) is 4.79 Å². The lowest BCUT2D eigenvalue weighted by Gasteiger charge is -2.18. The summed E-state index contributed by atoms with van der Waals surface area (Å²) >= 11 is 2.24. The predicted octanol–water partition coefficient (Wildman–Crippen LogP) is 3.77. The molecule has 0 bridgehead atoms. The van der Waals surface area contributed by atoms with Gasteiger partial charge in [0.1, 0.15) is 0 Å². The van der Waals surface area contributed by atoms with E-state index >= 15 is 0 Å². The number of carbonyl (C=O) groups is 1. The van der Waals surface area contributed by atoms with Gasteiger partial charge < -0.3 is 14.8 Å². The molecule has 0 atom stereocenters. The predicted molar refractivity (Wildman–Crippen MR) is 108 cm³/mol. The first-order valence-corrected chi connectivity index (χ1v) is 9.13. The number of carbonyl (C=O) groups excluding carboxylic acids is 1. The second-order valence-electron chi connectivity index (χ2n) is 5.65. The van der Waals surface area contributed by atoms with Crippen LogP contribution in [0.25, 0.3) is 0 Å². The van der Waals surface area contributed by atoms with Crippen LogP contribution in [0.2, 0.25) is 0 Å². The van der Waals surface area contributed by atoms with Crippen molar-refractivity contribution in [3.8, 4) is 11.5 Å². The highest BCUT2D eigenvalue weighted by atomic mass is 127. The molecule has 1 N–H and O–H groups in total. The van der Waals surface area contributed by atoms with Gasteiger partial charge in [0, 0.05) is 15.8 Å². The Morgan fingerprint density at radius 1 is 1.16 bits per heavy atom. The van der Waals surface area contributed by atoms with E-state index in [1.165, 1.54) is 0 Å². The molecule has 2 aromatic rings. The number of anilines is 1. The van der Waals surface area contributed by atoms with Crippen LogP contribution in [0.5, 0.6) is 11.5 Å². The van der Waals surface area contributed by atoms with Gasteiger partial charge in [0.2, 0.25) is 5.91 Å². The molecule has 0 saturated heterocycles. The van der Waals surface area contributed by atoms with Crippen molar-refractivity contribution in [1.82, 2.24) is 4.90 Å². The Kier molecular flexibility index (Phi) is 7.52. The molecule has 0 spiro atoms. The molecule has 0 heterocycles. The summed E-state index contributed by atoms with van der Waals surface area (Å²) in [6.45, 7) is 3.48. The van der Waals surface area contributed by atoms with Gasteiger partial charge in [-0.15, -0.1) is 0 Å². The molecule has 0 aromatic heterocycles. The molecule has 0 unspecified atom stereocenters. The van der Waals surface area contributed by atoms with Crippen LogP contribution in [0, 0.1) is 3.57 Å². The fourth-order valence-corrected chi connectivity index (χ4v) is 2.79. The Balaban J connectivity index is 1.91. The summed E-state index contributed by atoms with van der Waals surface area (Å²) in [5.74, 6) is 1.39. The van der Waals surface area contributed by atoms with Gasteiger partial charge in [-0.2, -0.15) is 0 Å². The Bertz CT molecular complexity index is 704. The van der Waals surface area contributed by atoms with E-state index < -0.39 is 0 Å². The zero-order chi connectivity index (χ0) is 18.2. The van der Waals surface area contributed by atoms with Crippen LogP contribution in [-0.4, -0.2) is 38.1 Å². The maximum Gasteiger partial charge on any atom is 0.238 e. The van der Waals surface area contributed by atoms with Crippen molar-refractivity contribution in [2.75, 3.05) is 32.6 Å². The highest BCUT2D eigenvalue weighted by Gasteiger charge is 2.10. The fourth-order valence-electron chi connectivity index (χ4n) is 2.43. The number of ether oxygens (including phenoxy) is 2. The molecule has 134 valence electrons. The highest BCUT2D eigenvalue weighted by Crippen LogP contribution is 2.28. The van der Waals surface area contributed by atoms with E-state index in [-0.39, 0.29) is 5.91 Å². The second kappa shape index (κ2) is 9.62. The molecule has 2 rings (SSSR count). The Morgan fingerprint density at radius 2 is 1.88 bits per heavy atom. The number of amides is 1. The number of halogens is 1. The molecule has 0 radical (unpaired) electrons. The van der Waals surface area contributed by atoms with Crippen LogP contribution in [0.4, 0.5) is 5.69 Å². The third kappa shape index (κ3) is 6.21. The lowest BCUT2D eigenvalue weighted by atomic mass is 10.2. The number of nitrogens with zero attached hydrogens (tertiary/aromatic N) is 1. The molecule has 1 amide bonds. The molecular weight excluding hydrogens is 431 g/mol. The quantitative estimate of drug-likeness (QED) is 0.618. The smallest absolute Gasteiger partial charge is 0.238 e. The van der Waals surface area contributed by atoms with Crippen LogP contribution >= 0.6 is 22.6 Å². The lowest BCUT2D eigenvalue weighted by molar-refractivity contribution is -0.117. The summed E-state index contributed by atoms with van der Waals surface area (Å²) < 4.78 is 12.0. The maximum atomic E-state index is 12.2. The van der Waals surface area contributed by atoms with Gasteiger partial charge in [-0.1, -0.05) is 6.07 Å². The van der Waals surface area contributed by atoms with Crippen LogP contribution in [0.1, 0.15) is 12.5 Å². The average Bonchev–Trinajstić information content (AvgIpc) is 2.58. The van der Waals surface area contributed by atoms with Crippen molar-refractivity contribution >= 4 is 34.2 Å². The number of hydrogen-bond acceptors (Lipinski definition) is 4. The largest absolute Gasteiger partial charge is 0.493 e. The molecule has 2 aromatic carbocycles. The topological polar surface area (TPSA) is 50.8 Å². The number of methoxy groups -OCH3 is 1. The first-order valence-electron chi connectivity index (χ1n) is 8.05. The molecule has 0 aliphatic rings. The highest BCUT2D eigenvalue weighted by molar-refractivity contribution is 14.1. The normalized spacial score (nSPS) is 10.6. The molecule has 5 nitrogen and oxygen atoms in total. The zero-order valence-corrected chi connectivity index (χ0v) is 16.9. The Hall–Kier alpha value is -1.80. The van der Waals surface area contributed by atoms with Crippen LogP contribution in [-0.2, 0) is 11.3 Å². The summed E-state index contributed by atoms with van der Waals surface area (Å²) in [4.78, 5) is 14.1. The van der Waals surface area contributed by atoms with Gasteiger partial charge in [0.25, 0.3) is 0 Å².